The third kappa shape index (κ3) is 4.75. The molecule has 0 saturated carbocycles. The first kappa shape index (κ1) is 16.8. The Labute approximate surface area is 137 Å². The van der Waals surface area contributed by atoms with Gasteiger partial charge in [0.05, 0.1) is 6.04 Å². The molecule has 4 heteroatoms. The molecular formula is C18H24N2OS. The number of benzene rings is 2. The quantitative estimate of drug-likeness (QED) is 0.578. The summed E-state index contributed by atoms with van der Waals surface area (Å²) in [6.07, 6.45) is 4.76. The summed E-state index contributed by atoms with van der Waals surface area (Å²) in [5, 5.41) is 5.46. The molecule has 0 radical (unpaired) electrons. The minimum absolute atomic E-state index is 0.0796. The Kier molecular flexibility index (Phi) is 6.74. The van der Waals surface area contributed by atoms with Crippen LogP contribution in [-0.2, 0) is 11.2 Å². The average molecular weight is 316 g/mol. The molecule has 0 aliphatic heterocycles. The van der Waals surface area contributed by atoms with E-state index in [2.05, 4.69) is 47.3 Å². The van der Waals surface area contributed by atoms with Crippen LogP contribution in [0.15, 0.2) is 42.5 Å². The molecule has 2 aromatic rings. The van der Waals surface area contributed by atoms with E-state index in [1.807, 2.05) is 18.4 Å². The van der Waals surface area contributed by atoms with E-state index in [4.69, 9.17) is 0 Å². The van der Waals surface area contributed by atoms with E-state index in [1.54, 1.807) is 0 Å². The van der Waals surface area contributed by atoms with Crippen LogP contribution >= 0.6 is 11.9 Å². The van der Waals surface area contributed by atoms with Crippen LogP contribution in [0.25, 0.3) is 10.8 Å². The number of fused-ring (bicyclic) bond motifs is 1. The van der Waals surface area contributed by atoms with Crippen molar-refractivity contribution in [3.05, 3.63) is 48.0 Å². The maximum absolute atomic E-state index is 12.3. The van der Waals surface area contributed by atoms with E-state index < -0.39 is 0 Å². The van der Waals surface area contributed by atoms with Gasteiger partial charge in [0.25, 0.3) is 0 Å². The van der Waals surface area contributed by atoms with Gasteiger partial charge in [-0.3, -0.25) is 9.52 Å². The maximum Gasteiger partial charge on any atom is 0.238 e. The minimum Gasteiger partial charge on any atom is -0.355 e. The summed E-state index contributed by atoms with van der Waals surface area (Å²) in [5.41, 5.74) is 1.18. The number of unbranched alkanes of at least 4 members (excludes halogenated alkanes) is 1. The number of amides is 1. The molecule has 1 amide bonds. The van der Waals surface area contributed by atoms with Gasteiger partial charge in [-0.15, -0.1) is 0 Å². The van der Waals surface area contributed by atoms with Gasteiger partial charge in [0, 0.05) is 6.54 Å². The molecule has 0 aromatic heterocycles. The molecule has 2 aromatic carbocycles. The fourth-order valence-electron chi connectivity index (χ4n) is 2.44. The second-order valence-corrected chi connectivity index (χ2v) is 6.05. The second-order valence-electron chi connectivity index (χ2n) is 5.40. The highest BCUT2D eigenvalue weighted by atomic mass is 32.2. The van der Waals surface area contributed by atoms with Gasteiger partial charge >= 0.3 is 0 Å². The van der Waals surface area contributed by atoms with Gasteiger partial charge in [0.2, 0.25) is 5.91 Å². The average Bonchev–Trinajstić information content (AvgIpc) is 2.54. The van der Waals surface area contributed by atoms with Crippen LogP contribution in [-0.4, -0.2) is 24.7 Å². The van der Waals surface area contributed by atoms with Gasteiger partial charge in [-0.05, 0) is 35.4 Å². The van der Waals surface area contributed by atoms with E-state index in [-0.39, 0.29) is 11.9 Å². The van der Waals surface area contributed by atoms with Gasteiger partial charge in [-0.25, -0.2) is 0 Å². The largest absolute Gasteiger partial charge is 0.355 e. The molecule has 2 N–H and O–H groups in total. The standard InChI is InChI=1S/C18H24N2OS/c1-3-4-11-19-18(21)17(20-22-2)13-14-9-10-15-7-5-6-8-16(15)12-14/h5-10,12,17,20H,3-4,11,13H2,1-2H3,(H,19,21)/t17-/m0/s1. The number of hydrogen-bond donors (Lipinski definition) is 2. The lowest BCUT2D eigenvalue weighted by atomic mass is 10.0. The Hall–Kier alpha value is -1.52. The van der Waals surface area contributed by atoms with Crippen molar-refractivity contribution in [2.45, 2.75) is 32.2 Å². The zero-order valence-corrected chi connectivity index (χ0v) is 14.1. The van der Waals surface area contributed by atoms with Gasteiger partial charge in [-0.1, -0.05) is 67.8 Å². The van der Waals surface area contributed by atoms with Crippen molar-refractivity contribution >= 4 is 28.6 Å². The van der Waals surface area contributed by atoms with Crippen molar-refractivity contribution in [3.63, 3.8) is 0 Å². The minimum atomic E-state index is -0.201. The predicted molar refractivity (Wildman–Crippen MR) is 96.0 cm³/mol. The molecule has 2 rings (SSSR count). The molecule has 22 heavy (non-hydrogen) atoms. The SMILES string of the molecule is CCCCNC(=O)[C@H](Cc1ccc2ccccc2c1)NSC. The van der Waals surface area contributed by atoms with Gasteiger partial charge in [0.15, 0.2) is 0 Å². The van der Waals surface area contributed by atoms with Crippen LogP contribution in [0.5, 0.6) is 0 Å². The third-order valence-corrected chi connectivity index (χ3v) is 4.18. The Morgan fingerprint density at radius 1 is 1.18 bits per heavy atom. The second kappa shape index (κ2) is 8.81. The van der Waals surface area contributed by atoms with E-state index in [1.165, 1.54) is 28.3 Å². The molecule has 118 valence electrons. The highest BCUT2D eigenvalue weighted by molar-refractivity contribution is 7.96. The molecule has 0 saturated heterocycles. The lowest BCUT2D eigenvalue weighted by Crippen LogP contribution is -2.43. The first-order chi connectivity index (χ1) is 10.7. The fraction of sp³-hybridized carbons (Fsp3) is 0.389. The van der Waals surface area contributed by atoms with Crippen LogP contribution in [0.1, 0.15) is 25.3 Å². The van der Waals surface area contributed by atoms with Crippen LogP contribution in [0.4, 0.5) is 0 Å². The number of hydrogen-bond acceptors (Lipinski definition) is 3. The monoisotopic (exact) mass is 316 g/mol. The Balaban J connectivity index is 2.06. The van der Waals surface area contributed by atoms with E-state index >= 15 is 0 Å². The molecular weight excluding hydrogens is 292 g/mol. The topological polar surface area (TPSA) is 41.1 Å². The van der Waals surface area contributed by atoms with Crippen molar-refractivity contribution in [3.8, 4) is 0 Å². The summed E-state index contributed by atoms with van der Waals surface area (Å²) in [5.74, 6) is 0.0796. The first-order valence-corrected chi connectivity index (χ1v) is 9.01. The van der Waals surface area contributed by atoms with E-state index in [0.717, 1.165) is 19.4 Å². The van der Waals surface area contributed by atoms with Crippen LogP contribution < -0.4 is 10.0 Å². The highest BCUT2D eigenvalue weighted by Crippen LogP contribution is 2.17. The number of carbonyl (C=O) groups is 1. The molecule has 0 spiro atoms. The Morgan fingerprint density at radius 3 is 2.68 bits per heavy atom. The summed E-state index contributed by atoms with van der Waals surface area (Å²) in [6, 6.07) is 14.5. The predicted octanol–water partition coefficient (Wildman–Crippen LogP) is 3.53. The van der Waals surface area contributed by atoms with Crippen LogP contribution in [0.3, 0.4) is 0 Å². The van der Waals surface area contributed by atoms with Crippen molar-refractivity contribution in [1.82, 2.24) is 10.0 Å². The van der Waals surface area contributed by atoms with Gasteiger partial charge in [-0.2, -0.15) is 0 Å². The van der Waals surface area contributed by atoms with Gasteiger partial charge < -0.3 is 5.32 Å². The molecule has 0 aliphatic carbocycles. The molecule has 0 aliphatic rings. The summed E-state index contributed by atoms with van der Waals surface area (Å²) in [4.78, 5) is 12.3. The summed E-state index contributed by atoms with van der Waals surface area (Å²) in [7, 11) is 0. The van der Waals surface area contributed by atoms with Crippen LogP contribution in [0, 0.1) is 0 Å². The van der Waals surface area contributed by atoms with Crippen molar-refractivity contribution in [1.29, 1.82) is 0 Å². The number of rotatable bonds is 8. The van der Waals surface area contributed by atoms with E-state index in [0.29, 0.717) is 6.42 Å². The van der Waals surface area contributed by atoms with Crippen molar-refractivity contribution < 1.29 is 4.79 Å². The summed E-state index contributed by atoms with van der Waals surface area (Å²) < 4.78 is 3.21. The Bertz CT molecular complexity index is 615. The highest BCUT2D eigenvalue weighted by Gasteiger charge is 2.17. The number of nitrogens with one attached hydrogen (secondary N) is 2. The summed E-state index contributed by atoms with van der Waals surface area (Å²) >= 11 is 1.49. The van der Waals surface area contributed by atoms with Crippen LogP contribution in [0.2, 0.25) is 0 Å². The third-order valence-electron chi connectivity index (χ3n) is 3.66. The lowest BCUT2D eigenvalue weighted by molar-refractivity contribution is -0.122. The summed E-state index contributed by atoms with van der Waals surface area (Å²) in [6.45, 7) is 2.87. The van der Waals surface area contributed by atoms with Crippen molar-refractivity contribution in [2.75, 3.05) is 12.8 Å². The Morgan fingerprint density at radius 2 is 1.95 bits per heavy atom. The van der Waals surface area contributed by atoms with Gasteiger partial charge in [0.1, 0.15) is 0 Å². The first-order valence-electron chi connectivity index (χ1n) is 7.78. The van der Waals surface area contributed by atoms with E-state index in [9.17, 15) is 4.79 Å². The molecule has 3 nitrogen and oxygen atoms in total. The molecule has 0 unspecified atom stereocenters. The smallest absolute Gasteiger partial charge is 0.238 e. The normalized spacial score (nSPS) is 12.3. The fourth-order valence-corrected chi connectivity index (χ4v) is 2.92. The molecule has 1 atom stereocenters. The van der Waals surface area contributed by atoms with Crippen molar-refractivity contribution in [2.24, 2.45) is 0 Å². The molecule has 0 fully saturated rings. The lowest BCUT2D eigenvalue weighted by Gasteiger charge is -2.17. The zero-order valence-electron chi connectivity index (χ0n) is 13.3. The maximum atomic E-state index is 12.3. The number of carbonyl (C=O) groups excluding carboxylic acids is 1. The molecule has 0 bridgehead atoms. The molecule has 0 heterocycles. The zero-order chi connectivity index (χ0) is 15.8.